The summed E-state index contributed by atoms with van der Waals surface area (Å²) in [5.41, 5.74) is 0. The lowest BCUT2D eigenvalue weighted by Crippen LogP contribution is -2.36. The number of imidazole rings is 1. The van der Waals surface area contributed by atoms with E-state index in [2.05, 4.69) is 43.8 Å². The van der Waals surface area contributed by atoms with Gasteiger partial charge in [-0.05, 0) is 38.1 Å². The van der Waals surface area contributed by atoms with Gasteiger partial charge >= 0.3 is 0 Å². The molecule has 1 saturated carbocycles. The first kappa shape index (κ1) is 15.6. The normalized spacial score (nSPS) is 27.1. The summed E-state index contributed by atoms with van der Waals surface area (Å²) in [6.45, 7) is 11.2. The van der Waals surface area contributed by atoms with Crippen LogP contribution in [0.4, 0.5) is 0 Å². The van der Waals surface area contributed by atoms with Crippen molar-refractivity contribution in [1.29, 1.82) is 0 Å². The fourth-order valence-electron chi connectivity index (χ4n) is 3.56. The van der Waals surface area contributed by atoms with Crippen molar-refractivity contribution in [1.82, 2.24) is 14.9 Å². The number of rotatable bonds is 6. The van der Waals surface area contributed by atoms with Crippen LogP contribution in [0, 0.1) is 11.8 Å². The van der Waals surface area contributed by atoms with Crippen molar-refractivity contribution in [3.63, 3.8) is 0 Å². The minimum absolute atomic E-state index is 0.575. The zero-order valence-electron chi connectivity index (χ0n) is 13.6. The summed E-state index contributed by atoms with van der Waals surface area (Å²) in [7, 11) is 0. The summed E-state index contributed by atoms with van der Waals surface area (Å²) >= 11 is 0. The van der Waals surface area contributed by atoms with Crippen molar-refractivity contribution in [2.75, 3.05) is 6.54 Å². The van der Waals surface area contributed by atoms with Crippen molar-refractivity contribution < 1.29 is 0 Å². The Morgan fingerprint density at radius 3 is 2.80 bits per heavy atom. The maximum absolute atomic E-state index is 4.69. The predicted molar refractivity (Wildman–Crippen MR) is 84.9 cm³/mol. The average molecular weight is 277 g/mol. The molecule has 1 aromatic heterocycles. The lowest BCUT2D eigenvalue weighted by molar-refractivity contribution is 0.213. The van der Waals surface area contributed by atoms with E-state index >= 15 is 0 Å². The Balaban J connectivity index is 2.13. The predicted octanol–water partition coefficient (Wildman–Crippen LogP) is 3.81. The quantitative estimate of drug-likeness (QED) is 0.857. The van der Waals surface area contributed by atoms with E-state index in [-0.39, 0.29) is 0 Å². The van der Waals surface area contributed by atoms with Crippen LogP contribution in [0.25, 0.3) is 0 Å². The van der Waals surface area contributed by atoms with E-state index in [4.69, 9.17) is 4.98 Å². The molecule has 3 heteroatoms. The minimum atomic E-state index is 0.575. The van der Waals surface area contributed by atoms with Gasteiger partial charge in [0.15, 0.2) is 0 Å². The third-order valence-electron chi connectivity index (χ3n) is 4.89. The second-order valence-electron chi connectivity index (χ2n) is 6.59. The largest absolute Gasteiger partial charge is 0.335 e. The van der Waals surface area contributed by atoms with Gasteiger partial charge < -0.3 is 9.88 Å². The van der Waals surface area contributed by atoms with E-state index in [0.29, 0.717) is 12.0 Å². The molecule has 0 aliphatic heterocycles. The summed E-state index contributed by atoms with van der Waals surface area (Å²) in [6.07, 6.45) is 9.48. The SMILES string of the molecule is CCC1CCC(CNC(C)C)C(c2nccn2CC)C1. The van der Waals surface area contributed by atoms with Crippen LogP contribution in [0.15, 0.2) is 12.4 Å². The van der Waals surface area contributed by atoms with Gasteiger partial charge in [-0.3, -0.25) is 0 Å². The summed E-state index contributed by atoms with van der Waals surface area (Å²) < 4.78 is 2.34. The Bertz CT molecular complexity index is 397. The zero-order valence-corrected chi connectivity index (χ0v) is 13.6. The number of nitrogens with one attached hydrogen (secondary N) is 1. The molecule has 0 bridgehead atoms. The van der Waals surface area contributed by atoms with E-state index in [9.17, 15) is 0 Å². The topological polar surface area (TPSA) is 29.9 Å². The van der Waals surface area contributed by atoms with Gasteiger partial charge in [-0.1, -0.05) is 33.6 Å². The first-order valence-corrected chi connectivity index (χ1v) is 8.40. The van der Waals surface area contributed by atoms with Crippen LogP contribution in [0.5, 0.6) is 0 Å². The molecule has 0 saturated heterocycles. The number of aryl methyl sites for hydroxylation is 1. The van der Waals surface area contributed by atoms with Crippen LogP contribution in [-0.2, 0) is 6.54 Å². The molecule has 3 atom stereocenters. The Morgan fingerprint density at radius 2 is 2.15 bits per heavy atom. The molecule has 0 radical (unpaired) electrons. The van der Waals surface area contributed by atoms with Gasteiger partial charge in [-0.2, -0.15) is 0 Å². The van der Waals surface area contributed by atoms with Crippen LogP contribution in [0.1, 0.15) is 65.1 Å². The average Bonchev–Trinajstić information content (AvgIpc) is 2.93. The molecule has 1 aliphatic rings. The van der Waals surface area contributed by atoms with Crippen LogP contribution in [-0.4, -0.2) is 22.1 Å². The van der Waals surface area contributed by atoms with E-state index in [1.54, 1.807) is 0 Å². The molecule has 3 unspecified atom stereocenters. The van der Waals surface area contributed by atoms with Crippen molar-refractivity contribution >= 4 is 0 Å². The highest BCUT2D eigenvalue weighted by molar-refractivity contribution is 5.05. The van der Waals surface area contributed by atoms with Crippen molar-refractivity contribution in [3.8, 4) is 0 Å². The molecule has 1 heterocycles. The van der Waals surface area contributed by atoms with Crippen LogP contribution >= 0.6 is 0 Å². The van der Waals surface area contributed by atoms with Gasteiger partial charge in [-0.15, -0.1) is 0 Å². The maximum Gasteiger partial charge on any atom is 0.112 e. The Morgan fingerprint density at radius 1 is 1.35 bits per heavy atom. The Hall–Kier alpha value is -0.830. The molecule has 3 nitrogen and oxygen atoms in total. The molecule has 1 aliphatic carbocycles. The van der Waals surface area contributed by atoms with Crippen LogP contribution in [0.2, 0.25) is 0 Å². The third kappa shape index (κ3) is 3.63. The highest BCUT2D eigenvalue weighted by Crippen LogP contribution is 2.40. The number of aromatic nitrogens is 2. The number of nitrogens with zero attached hydrogens (tertiary/aromatic N) is 2. The second-order valence-corrected chi connectivity index (χ2v) is 6.59. The molecule has 0 amide bonds. The lowest BCUT2D eigenvalue weighted by Gasteiger charge is -2.36. The maximum atomic E-state index is 4.69. The molecule has 1 fully saturated rings. The highest BCUT2D eigenvalue weighted by atomic mass is 15.1. The van der Waals surface area contributed by atoms with E-state index in [0.717, 1.165) is 24.9 Å². The van der Waals surface area contributed by atoms with Gasteiger partial charge in [-0.25, -0.2) is 4.98 Å². The first-order chi connectivity index (χ1) is 9.65. The molecule has 0 aromatic carbocycles. The smallest absolute Gasteiger partial charge is 0.112 e. The fraction of sp³-hybridized carbons (Fsp3) is 0.824. The first-order valence-electron chi connectivity index (χ1n) is 8.40. The molecular weight excluding hydrogens is 246 g/mol. The molecule has 1 aromatic rings. The third-order valence-corrected chi connectivity index (χ3v) is 4.89. The summed E-state index contributed by atoms with van der Waals surface area (Å²) in [6, 6.07) is 0.575. The van der Waals surface area contributed by atoms with Gasteiger partial charge in [0, 0.05) is 30.9 Å². The van der Waals surface area contributed by atoms with Gasteiger partial charge in [0.2, 0.25) is 0 Å². The number of hydrogen-bond acceptors (Lipinski definition) is 2. The highest BCUT2D eigenvalue weighted by Gasteiger charge is 2.33. The van der Waals surface area contributed by atoms with Crippen LogP contribution in [0.3, 0.4) is 0 Å². The molecule has 20 heavy (non-hydrogen) atoms. The fourth-order valence-corrected chi connectivity index (χ4v) is 3.56. The molecule has 2 rings (SSSR count). The molecule has 114 valence electrons. The minimum Gasteiger partial charge on any atom is -0.335 e. The summed E-state index contributed by atoms with van der Waals surface area (Å²) in [5.74, 6) is 3.58. The molecule has 0 spiro atoms. The van der Waals surface area contributed by atoms with E-state index in [1.165, 1.54) is 31.5 Å². The number of hydrogen-bond donors (Lipinski definition) is 1. The zero-order chi connectivity index (χ0) is 14.5. The van der Waals surface area contributed by atoms with Gasteiger partial charge in [0.25, 0.3) is 0 Å². The summed E-state index contributed by atoms with van der Waals surface area (Å²) in [5, 5.41) is 3.64. The molecule has 1 N–H and O–H groups in total. The standard InChI is InChI=1S/C17H31N3/c1-5-14-7-8-15(12-19-13(3)4)16(11-14)17-18-9-10-20(17)6-2/h9-10,13-16,19H,5-8,11-12H2,1-4H3. The van der Waals surface area contributed by atoms with Crippen molar-refractivity contribution in [3.05, 3.63) is 18.2 Å². The lowest BCUT2D eigenvalue weighted by atomic mass is 9.72. The van der Waals surface area contributed by atoms with E-state index < -0.39 is 0 Å². The van der Waals surface area contributed by atoms with Crippen LogP contribution < -0.4 is 5.32 Å². The van der Waals surface area contributed by atoms with E-state index in [1.807, 2.05) is 6.20 Å². The van der Waals surface area contributed by atoms with Gasteiger partial charge in [0.1, 0.15) is 5.82 Å². The molecular formula is C17H31N3. The monoisotopic (exact) mass is 277 g/mol. The van der Waals surface area contributed by atoms with Gasteiger partial charge in [0.05, 0.1) is 0 Å². The Labute approximate surface area is 124 Å². The van der Waals surface area contributed by atoms with Crippen molar-refractivity contribution in [2.24, 2.45) is 11.8 Å². The summed E-state index contributed by atoms with van der Waals surface area (Å²) in [4.78, 5) is 4.69. The van der Waals surface area contributed by atoms with Crippen molar-refractivity contribution in [2.45, 2.75) is 71.9 Å². The Kier molecular flexibility index (Phi) is 5.64. The second kappa shape index (κ2) is 7.26.